The van der Waals surface area contributed by atoms with Gasteiger partial charge in [0.2, 0.25) is 5.88 Å². The molecule has 1 aromatic heterocycles. The topological polar surface area (TPSA) is 58.4 Å². The first kappa shape index (κ1) is 15.5. The lowest BCUT2D eigenvalue weighted by Crippen LogP contribution is -2.38. The fraction of sp³-hybridized carbons (Fsp3) is 0.333. The maximum Gasteiger partial charge on any atom is 0.213 e. The van der Waals surface area contributed by atoms with Gasteiger partial charge >= 0.3 is 0 Å². The van der Waals surface area contributed by atoms with E-state index in [0.717, 1.165) is 38.4 Å². The summed E-state index contributed by atoms with van der Waals surface area (Å²) in [4.78, 5) is 6.82. The molecule has 0 aliphatic carbocycles. The van der Waals surface area contributed by atoms with Gasteiger partial charge in [-0.15, -0.1) is 0 Å². The number of ether oxygens (including phenoxy) is 2. The van der Waals surface area contributed by atoms with Gasteiger partial charge in [0.1, 0.15) is 12.7 Å². The van der Waals surface area contributed by atoms with Crippen molar-refractivity contribution in [2.45, 2.75) is 0 Å². The summed E-state index contributed by atoms with van der Waals surface area (Å²) in [6.07, 6.45) is 0. The lowest BCUT2D eigenvalue weighted by atomic mass is 10.1. The van der Waals surface area contributed by atoms with Crippen molar-refractivity contribution >= 4 is 0 Å². The van der Waals surface area contributed by atoms with Gasteiger partial charge in [-0.05, 0) is 6.07 Å². The van der Waals surface area contributed by atoms with E-state index in [1.807, 2.05) is 30.3 Å². The predicted octanol–water partition coefficient (Wildman–Crippen LogP) is 2.33. The van der Waals surface area contributed by atoms with Gasteiger partial charge in [0, 0.05) is 31.3 Å². The molecule has 2 aromatic rings. The summed E-state index contributed by atoms with van der Waals surface area (Å²) in [5.41, 5.74) is 2.14. The zero-order chi connectivity index (χ0) is 15.9. The Balaban J connectivity index is 1.67. The van der Waals surface area contributed by atoms with Gasteiger partial charge in [-0.25, -0.2) is 4.98 Å². The van der Waals surface area contributed by atoms with Gasteiger partial charge in [-0.2, -0.15) is 5.26 Å². The molecule has 0 atom stereocenters. The molecular formula is C18H19N3O2. The zero-order valence-electron chi connectivity index (χ0n) is 12.9. The number of nitriles is 1. The number of hydrogen-bond donors (Lipinski definition) is 0. The molecule has 0 bridgehead atoms. The van der Waals surface area contributed by atoms with E-state index in [1.165, 1.54) is 0 Å². The molecule has 0 unspecified atom stereocenters. The average Bonchev–Trinajstić information content (AvgIpc) is 2.63. The highest BCUT2D eigenvalue weighted by Crippen LogP contribution is 2.23. The van der Waals surface area contributed by atoms with Gasteiger partial charge in [-0.1, -0.05) is 30.3 Å². The summed E-state index contributed by atoms with van der Waals surface area (Å²) in [5.74, 6) is 0.552. The number of hydrogen-bond acceptors (Lipinski definition) is 5. The quantitative estimate of drug-likeness (QED) is 0.848. The molecule has 0 saturated carbocycles. The van der Waals surface area contributed by atoms with Crippen LogP contribution in [0.25, 0.3) is 11.3 Å². The lowest BCUT2D eigenvalue weighted by molar-refractivity contribution is 0.0320. The van der Waals surface area contributed by atoms with Crippen LogP contribution in [0.5, 0.6) is 5.88 Å². The highest BCUT2D eigenvalue weighted by Gasteiger charge is 2.11. The SMILES string of the molecule is N#Cc1ccc(OCCN2CCOCC2)nc1-c1ccccc1. The number of morpholine rings is 1. The van der Waals surface area contributed by atoms with E-state index in [4.69, 9.17) is 9.47 Å². The maximum atomic E-state index is 9.27. The van der Waals surface area contributed by atoms with Gasteiger partial charge < -0.3 is 9.47 Å². The molecule has 1 saturated heterocycles. The number of aromatic nitrogens is 1. The van der Waals surface area contributed by atoms with Crippen molar-refractivity contribution in [1.82, 2.24) is 9.88 Å². The Hall–Kier alpha value is -2.42. The van der Waals surface area contributed by atoms with Crippen LogP contribution < -0.4 is 4.74 Å². The van der Waals surface area contributed by atoms with Gasteiger partial charge in [-0.3, -0.25) is 4.90 Å². The van der Waals surface area contributed by atoms with E-state index in [-0.39, 0.29) is 0 Å². The molecule has 0 radical (unpaired) electrons. The molecular weight excluding hydrogens is 290 g/mol. The number of benzene rings is 1. The zero-order valence-corrected chi connectivity index (χ0v) is 12.9. The lowest BCUT2D eigenvalue weighted by Gasteiger charge is -2.26. The number of rotatable bonds is 5. The van der Waals surface area contributed by atoms with Crippen molar-refractivity contribution in [3.05, 3.63) is 48.0 Å². The molecule has 3 rings (SSSR count). The Morgan fingerprint density at radius 2 is 1.91 bits per heavy atom. The van der Waals surface area contributed by atoms with E-state index in [2.05, 4.69) is 16.0 Å². The Morgan fingerprint density at radius 1 is 1.13 bits per heavy atom. The first-order valence-corrected chi connectivity index (χ1v) is 7.76. The second-order valence-electron chi connectivity index (χ2n) is 5.33. The van der Waals surface area contributed by atoms with E-state index >= 15 is 0 Å². The summed E-state index contributed by atoms with van der Waals surface area (Å²) in [5, 5.41) is 9.27. The van der Waals surface area contributed by atoms with Crippen molar-refractivity contribution < 1.29 is 9.47 Å². The van der Waals surface area contributed by atoms with Crippen molar-refractivity contribution in [3.8, 4) is 23.2 Å². The van der Waals surface area contributed by atoms with Crippen LogP contribution >= 0.6 is 0 Å². The van der Waals surface area contributed by atoms with Gasteiger partial charge in [0.15, 0.2) is 0 Å². The highest BCUT2D eigenvalue weighted by molar-refractivity contribution is 5.66. The molecule has 1 aliphatic heterocycles. The molecule has 5 heteroatoms. The summed E-state index contributed by atoms with van der Waals surface area (Å²) in [6, 6.07) is 15.4. The molecule has 2 heterocycles. The van der Waals surface area contributed by atoms with E-state index < -0.39 is 0 Å². The van der Waals surface area contributed by atoms with Crippen LogP contribution in [0.1, 0.15) is 5.56 Å². The normalized spacial score (nSPS) is 15.1. The predicted molar refractivity (Wildman–Crippen MR) is 87.1 cm³/mol. The fourth-order valence-corrected chi connectivity index (χ4v) is 2.53. The van der Waals surface area contributed by atoms with Crippen molar-refractivity contribution in [2.24, 2.45) is 0 Å². The molecule has 0 N–H and O–H groups in total. The summed E-state index contributed by atoms with van der Waals surface area (Å²) in [6.45, 7) is 4.89. The minimum absolute atomic E-state index is 0.552. The van der Waals surface area contributed by atoms with Crippen LogP contribution in [0.15, 0.2) is 42.5 Å². The molecule has 1 fully saturated rings. The first-order valence-electron chi connectivity index (χ1n) is 7.76. The van der Waals surface area contributed by atoms with Crippen LogP contribution in [-0.4, -0.2) is 49.3 Å². The second-order valence-corrected chi connectivity index (χ2v) is 5.33. The molecule has 0 amide bonds. The third-order valence-corrected chi connectivity index (χ3v) is 3.80. The second kappa shape index (κ2) is 7.73. The largest absolute Gasteiger partial charge is 0.476 e. The third kappa shape index (κ3) is 4.07. The molecule has 1 aliphatic rings. The summed E-state index contributed by atoms with van der Waals surface area (Å²) in [7, 11) is 0. The Labute approximate surface area is 136 Å². The van der Waals surface area contributed by atoms with Crippen LogP contribution in [0.4, 0.5) is 0 Å². The minimum Gasteiger partial charge on any atom is -0.476 e. The average molecular weight is 309 g/mol. The van der Waals surface area contributed by atoms with Crippen LogP contribution in [0.2, 0.25) is 0 Å². The van der Waals surface area contributed by atoms with Crippen molar-refractivity contribution in [3.63, 3.8) is 0 Å². The van der Waals surface area contributed by atoms with E-state index in [1.54, 1.807) is 12.1 Å². The van der Waals surface area contributed by atoms with Crippen molar-refractivity contribution in [2.75, 3.05) is 39.5 Å². The fourth-order valence-electron chi connectivity index (χ4n) is 2.53. The van der Waals surface area contributed by atoms with Crippen LogP contribution in [0.3, 0.4) is 0 Å². The molecule has 5 nitrogen and oxygen atoms in total. The molecule has 1 aromatic carbocycles. The van der Waals surface area contributed by atoms with Crippen molar-refractivity contribution in [1.29, 1.82) is 5.26 Å². The number of nitrogens with zero attached hydrogens (tertiary/aromatic N) is 3. The third-order valence-electron chi connectivity index (χ3n) is 3.80. The molecule has 118 valence electrons. The van der Waals surface area contributed by atoms with Crippen LogP contribution in [0, 0.1) is 11.3 Å². The molecule has 0 spiro atoms. The smallest absolute Gasteiger partial charge is 0.213 e. The van der Waals surface area contributed by atoms with E-state index in [0.29, 0.717) is 23.7 Å². The Bertz CT molecular complexity index is 676. The first-order chi connectivity index (χ1) is 11.4. The Morgan fingerprint density at radius 3 is 2.65 bits per heavy atom. The van der Waals surface area contributed by atoms with Crippen LogP contribution in [-0.2, 0) is 4.74 Å². The summed E-state index contributed by atoms with van der Waals surface area (Å²) < 4.78 is 11.1. The standard InChI is InChI=1S/C18H19N3O2/c19-14-16-6-7-17(20-18(16)15-4-2-1-3-5-15)23-13-10-21-8-11-22-12-9-21/h1-7H,8-13H2. The number of pyridine rings is 1. The Kier molecular flexibility index (Phi) is 5.20. The maximum absolute atomic E-state index is 9.27. The summed E-state index contributed by atoms with van der Waals surface area (Å²) >= 11 is 0. The highest BCUT2D eigenvalue weighted by atomic mass is 16.5. The van der Waals surface area contributed by atoms with E-state index in [9.17, 15) is 5.26 Å². The van der Waals surface area contributed by atoms with Gasteiger partial charge in [0.25, 0.3) is 0 Å². The monoisotopic (exact) mass is 309 g/mol. The molecule has 23 heavy (non-hydrogen) atoms. The van der Waals surface area contributed by atoms with Gasteiger partial charge in [0.05, 0.1) is 24.5 Å². The minimum atomic E-state index is 0.552.